The highest BCUT2D eigenvalue weighted by molar-refractivity contribution is 5.71. The van der Waals surface area contributed by atoms with E-state index in [0.29, 0.717) is 23.9 Å². The number of rotatable bonds is 67. The normalized spacial score (nSPS) is 13.3. The van der Waals surface area contributed by atoms with E-state index in [9.17, 15) is 19.5 Å². The lowest BCUT2D eigenvalue weighted by Crippen LogP contribution is -2.40. The second-order valence-corrected chi connectivity index (χ2v) is 25.5. The minimum atomic E-state index is -1.51. The molecule has 0 radical (unpaired) electrons. The van der Waals surface area contributed by atoms with Crippen LogP contribution < -0.4 is 0 Å². The van der Waals surface area contributed by atoms with Crippen molar-refractivity contribution in [2.45, 2.75) is 334 Å². The predicted octanol–water partition coefficient (Wildman–Crippen LogP) is 22.8. The molecule has 87 heavy (non-hydrogen) atoms. The Labute approximate surface area is 537 Å². The van der Waals surface area contributed by atoms with Crippen LogP contribution in [0.25, 0.3) is 0 Å². The molecule has 9 heteroatoms. The first-order valence-corrected chi connectivity index (χ1v) is 36.4. The highest BCUT2D eigenvalue weighted by Crippen LogP contribution is 2.18. The zero-order chi connectivity index (χ0) is 63.3. The fraction of sp³-hybridized carbons (Fsp3) is 0.756. The van der Waals surface area contributed by atoms with Gasteiger partial charge in [0.25, 0.3) is 6.29 Å². The number of carbonyl (C=O) groups excluding carboxylic acids is 2. The molecule has 0 rings (SSSR count). The Balaban J connectivity index is 4.09. The Morgan fingerprint density at radius 1 is 0.356 bits per heavy atom. The van der Waals surface area contributed by atoms with Crippen molar-refractivity contribution in [2.24, 2.45) is 0 Å². The minimum Gasteiger partial charge on any atom is -0.477 e. The van der Waals surface area contributed by atoms with Crippen LogP contribution in [0.3, 0.4) is 0 Å². The number of esters is 2. The summed E-state index contributed by atoms with van der Waals surface area (Å²) in [6.07, 6.45) is 91.0. The molecule has 0 amide bonds. The molecule has 502 valence electrons. The van der Waals surface area contributed by atoms with E-state index in [1.54, 1.807) is 0 Å². The van der Waals surface area contributed by atoms with Crippen LogP contribution in [0, 0.1) is 0 Å². The largest absolute Gasteiger partial charge is 0.477 e. The van der Waals surface area contributed by atoms with E-state index in [-0.39, 0.29) is 32.2 Å². The zero-order valence-electron chi connectivity index (χ0n) is 57.4. The molecule has 0 aliphatic carbocycles. The van der Waals surface area contributed by atoms with Gasteiger partial charge in [0.05, 0.1) is 34.4 Å². The number of ether oxygens (including phenoxy) is 4. The molecule has 0 aromatic rings. The molecule has 0 saturated carbocycles. The third-order valence-electron chi connectivity index (χ3n) is 15.8. The van der Waals surface area contributed by atoms with Crippen molar-refractivity contribution in [3.05, 3.63) is 97.2 Å². The average molecular weight is 1220 g/mol. The van der Waals surface area contributed by atoms with E-state index < -0.39 is 24.3 Å². The summed E-state index contributed by atoms with van der Waals surface area (Å²) in [6.45, 7) is 4.79. The molecule has 0 saturated heterocycles. The second kappa shape index (κ2) is 68.1. The van der Waals surface area contributed by atoms with Crippen molar-refractivity contribution in [1.82, 2.24) is 0 Å². The second-order valence-electron chi connectivity index (χ2n) is 25.5. The molecule has 2 atom stereocenters. The molecule has 0 fully saturated rings. The molecular weight excluding hydrogens is 1080 g/mol. The third kappa shape index (κ3) is 69.5. The number of hydrogen-bond acceptors (Lipinski definition) is 7. The standard InChI is InChI=1S/C78H137NO8/c1-6-8-10-12-14-16-18-20-22-24-26-28-30-32-34-36-38-40-42-44-46-48-50-52-54-56-58-60-62-64-66-68-75(80)85-72-74(73-86-78(77(82)83)84-71-70-79(3,4)5)87-76(81)69-67-65-63-61-59-57-55-53-51-49-47-45-43-41-39-37-35-33-31-29-27-25-23-21-19-17-15-13-11-9-7-2/h9,11,15,17-18,20-21,23-24,26-27,29,33,35,39,41,74,78H,6-8,10,12-14,16,19,22,25,28,30-32,34,36-38,40,42-73H2,1-5H3/p+1/b11-9-,17-15-,20-18-,23-21-,26-24-,29-27-,35-33-,41-39-. The van der Waals surface area contributed by atoms with Crippen LogP contribution in [0.2, 0.25) is 0 Å². The first kappa shape index (κ1) is 83.2. The number of hydrogen-bond donors (Lipinski definition) is 1. The van der Waals surface area contributed by atoms with Gasteiger partial charge in [-0.25, -0.2) is 4.79 Å². The van der Waals surface area contributed by atoms with Crippen LogP contribution in [0.15, 0.2) is 97.2 Å². The first-order chi connectivity index (χ1) is 42.6. The van der Waals surface area contributed by atoms with Gasteiger partial charge in [0.2, 0.25) is 0 Å². The van der Waals surface area contributed by atoms with Gasteiger partial charge in [0.15, 0.2) is 6.10 Å². The Bertz CT molecular complexity index is 1750. The number of nitrogens with zero attached hydrogens (tertiary/aromatic N) is 1. The van der Waals surface area contributed by atoms with Gasteiger partial charge in [-0.15, -0.1) is 0 Å². The molecule has 0 heterocycles. The van der Waals surface area contributed by atoms with Gasteiger partial charge in [0, 0.05) is 12.8 Å². The summed E-state index contributed by atoms with van der Waals surface area (Å²) in [5.74, 6) is -2.00. The summed E-state index contributed by atoms with van der Waals surface area (Å²) in [5, 5.41) is 9.76. The van der Waals surface area contributed by atoms with E-state index >= 15 is 0 Å². The van der Waals surface area contributed by atoms with Gasteiger partial charge in [-0.1, -0.05) is 310 Å². The van der Waals surface area contributed by atoms with E-state index in [1.165, 1.54) is 205 Å². The van der Waals surface area contributed by atoms with Crippen molar-refractivity contribution < 1.29 is 42.9 Å². The highest BCUT2D eigenvalue weighted by Gasteiger charge is 2.25. The molecule has 0 bridgehead atoms. The van der Waals surface area contributed by atoms with Gasteiger partial charge in [0.1, 0.15) is 13.2 Å². The number of quaternary nitrogens is 1. The number of carboxylic acids is 1. The molecule has 0 spiro atoms. The molecule has 0 aromatic heterocycles. The molecular formula is C78H138NO8+. The molecule has 2 unspecified atom stereocenters. The van der Waals surface area contributed by atoms with E-state index in [0.717, 1.165) is 83.5 Å². The Kier molecular flexibility index (Phi) is 65.2. The van der Waals surface area contributed by atoms with E-state index in [1.807, 2.05) is 21.1 Å². The van der Waals surface area contributed by atoms with E-state index in [2.05, 4.69) is 111 Å². The lowest BCUT2D eigenvalue weighted by atomic mass is 10.0. The SMILES string of the molecule is CC/C=C\C/C=C\C/C=C\C/C=C\C/C=C\C/C=C\CCCCCCCCCCCCCCC(=O)OC(COC(=O)CCCCCCCCCCCCCCCCCCCCC/C=C\C/C=C\CCCCCCC)COC(OCC[N+](C)(C)C)C(=O)O. The fourth-order valence-corrected chi connectivity index (χ4v) is 10.3. The minimum absolute atomic E-state index is 0.184. The van der Waals surface area contributed by atoms with Crippen molar-refractivity contribution in [2.75, 3.05) is 47.5 Å². The van der Waals surface area contributed by atoms with Crippen molar-refractivity contribution in [3.63, 3.8) is 0 Å². The van der Waals surface area contributed by atoms with Crippen LogP contribution in [0.4, 0.5) is 0 Å². The predicted molar refractivity (Wildman–Crippen MR) is 373 cm³/mol. The first-order valence-electron chi connectivity index (χ1n) is 36.4. The van der Waals surface area contributed by atoms with Crippen LogP contribution in [-0.2, 0) is 33.3 Å². The quantitative estimate of drug-likeness (QED) is 0.0211. The smallest absolute Gasteiger partial charge is 0.361 e. The Hall–Kier alpha value is -3.79. The third-order valence-corrected chi connectivity index (χ3v) is 15.8. The Morgan fingerprint density at radius 3 is 0.977 bits per heavy atom. The van der Waals surface area contributed by atoms with E-state index in [4.69, 9.17) is 18.9 Å². The summed E-state index contributed by atoms with van der Waals surface area (Å²) in [5.41, 5.74) is 0. The van der Waals surface area contributed by atoms with Crippen molar-refractivity contribution in [1.29, 1.82) is 0 Å². The van der Waals surface area contributed by atoms with Gasteiger partial charge in [-0.3, -0.25) is 9.59 Å². The summed E-state index contributed by atoms with van der Waals surface area (Å²) in [4.78, 5) is 37.7. The lowest BCUT2D eigenvalue weighted by molar-refractivity contribution is -0.870. The average Bonchev–Trinajstić information content (AvgIpc) is 3.56. The van der Waals surface area contributed by atoms with Crippen LogP contribution in [0.1, 0.15) is 322 Å². The highest BCUT2D eigenvalue weighted by atomic mass is 16.7. The number of allylic oxidation sites excluding steroid dienone is 16. The lowest BCUT2D eigenvalue weighted by Gasteiger charge is -2.25. The fourth-order valence-electron chi connectivity index (χ4n) is 10.3. The summed E-state index contributed by atoms with van der Waals surface area (Å²) < 4.78 is 23.0. The molecule has 9 nitrogen and oxygen atoms in total. The maximum atomic E-state index is 13.0. The number of carboxylic acid groups (broad SMARTS) is 1. The van der Waals surface area contributed by atoms with Gasteiger partial charge < -0.3 is 28.5 Å². The number of unbranched alkanes of at least 4 members (excludes halogenated alkanes) is 36. The van der Waals surface area contributed by atoms with Crippen LogP contribution >= 0.6 is 0 Å². The Morgan fingerprint density at radius 2 is 0.655 bits per heavy atom. The molecule has 0 aliphatic heterocycles. The van der Waals surface area contributed by atoms with Gasteiger partial charge >= 0.3 is 17.9 Å². The topological polar surface area (TPSA) is 108 Å². The summed E-state index contributed by atoms with van der Waals surface area (Å²) in [7, 11) is 5.98. The number of aliphatic carboxylic acids is 1. The van der Waals surface area contributed by atoms with Crippen molar-refractivity contribution in [3.8, 4) is 0 Å². The number of carbonyl (C=O) groups is 3. The summed E-state index contributed by atoms with van der Waals surface area (Å²) in [6, 6.07) is 0. The van der Waals surface area contributed by atoms with Crippen LogP contribution in [-0.4, -0.2) is 87.4 Å². The summed E-state index contributed by atoms with van der Waals surface area (Å²) >= 11 is 0. The zero-order valence-corrected chi connectivity index (χ0v) is 57.4. The monoisotopic (exact) mass is 1220 g/mol. The van der Waals surface area contributed by atoms with Crippen molar-refractivity contribution >= 4 is 17.9 Å². The number of likely N-dealkylation sites (N-methyl/N-ethyl adjacent to an activating group) is 1. The molecule has 0 aliphatic rings. The molecule has 1 N–H and O–H groups in total. The maximum Gasteiger partial charge on any atom is 0.361 e. The van der Waals surface area contributed by atoms with Gasteiger partial charge in [-0.2, -0.15) is 0 Å². The maximum absolute atomic E-state index is 13.0. The molecule has 0 aromatic carbocycles. The van der Waals surface area contributed by atoms with Crippen LogP contribution in [0.5, 0.6) is 0 Å². The van der Waals surface area contributed by atoms with Gasteiger partial charge in [-0.05, 0) is 96.3 Å².